The van der Waals surface area contributed by atoms with Gasteiger partial charge in [0.05, 0.1) is 11.5 Å². The van der Waals surface area contributed by atoms with Crippen molar-refractivity contribution < 1.29 is 17.7 Å². The first-order valence-electron chi connectivity index (χ1n) is 27.8. The highest BCUT2D eigenvalue weighted by atomic mass is 28.4. The van der Waals surface area contributed by atoms with E-state index >= 15 is 0 Å². The third kappa shape index (κ3) is 10.3. The molecule has 374 valence electrons. The molecular weight excluding hydrogens is 849 g/mol. The summed E-state index contributed by atoms with van der Waals surface area (Å²) in [5.74, 6) is 5.60. The zero-order chi connectivity index (χ0) is 48.6. The molecular formula is C56H110O4Si4. The number of rotatable bonds is 23. The van der Waals surface area contributed by atoms with Crippen molar-refractivity contribution in [3.8, 4) is 0 Å². The maximum atomic E-state index is 7.98. The van der Waals surface area contributed by atoms with Gasteiger partial charge < -0.3 is 17.7 Å². The molecule has 0 amide bonds. The van der Waals surface area contributed by atoms with E-state index in [0.29, 0.717) is 114 Å². The van der Waals surface area contributed by atoms with E-state index < -0.39 is 33.3 Å². The third-order valence-corrected chi connectivity index (χ3v) is 43.5. The summed E-state index contributed by atoms with van der Waals surface area (Å²) < 4.78 is 31.7. The quantitative estimate of drug-likeness (QED) is 0.0957. The van der Waals surface area contributed by atoms with Crippen LogP contribution in [0.1, 0.15) is 218 Å². The van der Waals surface area contributed by atoms with Gasteiger partial charge in [-0.3, -0.25) is 0 Å². The molecule has 0 radical (unpaired) electrons. The Bertz CT molecular complexity index is 1320. The molecule has 2 saturated carbocycles. The van der Waals surface area contributed by atoms with Crippen LogP contribution in [0.25, 0.3) is 0 Å². The molecule has 4 aliphatic carbocycles. The molecule has 0 N–H and O–H groups in total. The number of allylic oxidation sites excluding steroid dienone is 4. The molecule has 0 heterocycles. The van der Waals surface area contributed by atoms with Crippen LogP contribution in [0.5, 0.6) is 0 Å². The average molecular weight is 960 g/mol. The van der Waals surface area contributed by atoms with Crippen molar-refractivity contribution in [3.63, 3.8) is 0 Å². The lowest BCUT2D eigenvalue weighted by molar-refractivity contribution is 0.0159. The van der Waals surface area contributed by atoms with Crippen LogP contribution in [-0.4, -0.2) is 45.5 Å². The topological polar surface area (TPSA) is 36.9 Å². The molecule has 8 atom stereocenters. The van der Waals surface area contributed by atoms with Gasteiger partial charge in [0.2, 0.25) is 16.6 Å². The minimum absolute atomic E-state index is 0.300. The van der Waals surface area contributed by atoms with Crippen LogP contribution in [0, 0.1) is 35.5 Å². The van der Waals surface area contributed by atoms with Crippen LogP contribution in [0.3, 0.4) is 0 Å². The fraction of sp³-hybridized carbons (Fsp3) is 0.929. The van der Waals surface area contributed by atoms with E-state index in [-0.39, 0.29) is 0 Å². The second-order valence-corrected chi connectivity index (χ2v) is 47.6. The molecule has 0 spiro atoms. The summed E-state index contributed by atoms with van der Waals surface area (Å²) in [6.45, 7) is 59.4. The van der Waals surface area contributed by atoms with Gasteiger partial charge in [-0.05, 0) is 129 Å². The molecule has 2 fully saturated rings. The van der Waals surface area contributed by atoms with E-state index in [1.54, 1.807) is 0 Å². The van der Waals surface area contributed by atoms with Gasteiger partial charge in [-0.15, -0.1) is 0 Å². The average Bonchev–Trinajstić information content (AvgIpc) is 3.72. The second-order valence-electron chi connectivity index (χ2n) is 26.1. The van der Waals surface area contributed by atoms with Crippen LogP contribution < -0.4 is 0 Å². The van der Waals surface area contributed by atoms with Gasteiger partial charge in [0, 0.05) is 35.9 Å². The summed E-state index contributed by atoms with van der Waals surface area (Å²) in [5, 5.41) is 0. The zero-order valence-electron chi connectivity index (χ0n) is 47.0. The first-order valence-corrected chi connectivity index (χ1v) is 36.3. The Hall–Kier alpha value is -0.132. The molecule has 4 aliphatic rings. The number of hydrogen-bond acceptors (Lipinski definition) is 4. The van der Waals surface area contributed by atoms with Crippen molar-refractivity contribution in [2.24, 2.45) is 35.5 Å². The third-order valence-electron chi connectivity index (χ3n) is 19.2. The zero-order valence-corrected chi connectivity index (χ0v) is 51.0. The monoisotopic (exact) mass is 959 g/mol. The smallest absolute Gasteiger partial charge is 0.258 e. The first-order chi connectivity index (χ1) is 29.6. The molecule has 0 saturated heterocycles. The second kappa shape index (κ2) is 22.3. The number of fused-ring (bicyclic) bond motifs is 2. The molecule has 0 aromatic carbocycles. The largest absolute Gasteiger partial charge is 0.546 e. The highest BCUT2D eigenvalue weighted by molar-refractivity contribution is 6.79. The number of hydrogen-bond donors (Lipinski definition) is 0. The molecule has 0 bridgehead atoms. The van der Waals surface area contributed by atoms with E-state index in [9.17, 15) is 0 Å². The summed E-state index contributed by atoms with van der Waals surface area (Å²) in [5.41, 5.74) is 6.84. The van der Waals surface area contributed by atoms with E-state index in [0.717, 1.165) is 0 Å². The van der Waals surface area contributed by atoms with Crippen molar-refractivity contribution in [3.05, 3.63) is 23.7 Å². The van der Waals surface area contributed by atoms with E-state index in [1.165, 1.54) is 62.9 Å². The molecule has 64 heavy (non-hydrogen) atoms. The summed E-state index contributed by atoms with van der Waals surface area (Å²) >= 11 is 0. The highest BCUT2D eigenvalue weighted by Crippen LogP contribution is 2.58. The van der Waals surface area contributed by atoms with Gasteiger partial charge in [0.15, 0.2) is 0 Å². The molecule has 4 rings (SSSR count). The summed E-state index contributed by atoms with van der Waals surface area (Å²) in [6, 6.07) is 0. The van der Waals surface area contributed by atoms with Crippen LogP contribution in [0.2, 0.25) is 66.5 Å². The van der Waals surface area contributed by atoms with Crippen LogP contribution >= 0.6 is 0 Å². The minimum Gasteiger partial charge on any atom is -0.546 e. The van der Waals surface area contributed by atoms with Gasteiger partial charge in [0.25, 0.3) is 16.6 Å². The van der Waals surface area contributed by atoms with E-state index in [1.807, 2.05) is 0 Å². The van der Waals surface area contributed by atoms with Crippen molar-refractivity contribution in [2.75, 3.05) is 0 Å². The lowest BCUT2D eigenvalue weighted by atomic mass is 9.71. The maximum absolute atomic E-state index is 7.98. The van der Waals surface area contributed by atoms with E-state index in [2.05, 4.69) is 178 Å². The first kappa shape index (κ1) is 56.5. The summed E-state index contributed by atoms with van der Waals surface area (Å²) in [7, 11) is -8.52. The Morgan fingerprint density at radius 3 is 0.812 bits per heavy atom. The Labute approximate surface area is 404 Å². The van der Waals surface area contributed by atoms with Crippen molar-refractivity contribution in [2.45, 2.75) is 296 Å². The van der Waals surface area contributed by atoms with Crippen molar-refractivity contribution in [1.29, 1.82) is 0 Å². The maximum Gasteiger partial charge on any atom is 0.258 e. The van der Waals surface area contributed by atoms with Gasteiger partial charge in [-0.2, -0.15) is 0 Å². The highest BCUT2D eigenvalue weighted by Gasteiger charge is 2.57. The van der Waals surface area contributed by atoms with Gasteiger partial charge in [-0.25, -0.2) is 0 Å². The molecule has 8 unspecified atom stereocenters. The molecule has 0 aromatic heterocycles. The molecule has 0 aliphatic heterocycles. The Balaban J connectivity index is 1.87. The molecule has 0 aromatic rings. The van der Waals surface area contributed by atoms with E-state index in [4.69, 9.17) is 17.7 Å². The lowest BCUT2D eigenvalue weighted by Crippen LogP contribution is -2.53. The van der Waals surface area contributed by atoms with Crippen molar-refractivity contribution in [1.82, 2.24) is 0 Å². The Morgan fingerprint density at radius 1 is 0.359 bits per heavy atom. The molecule has 4 nitrogen and oxygen atoms in total. The summed E-state index contributed by atoms with van der Waals surface area (Å²) in [6.07, 6.45) is 15.8. The van der Waals surface area contributed by atoms with Crippen LogP contribution in [-0.2, 0) is 17.7 Å². The van der Waals surface area contributed by atoms with Gasteiger partial charge in [0.1, 0.15) is 0 Å². The van der Waals surface area contributed by atoms with Crippen molar-refractivity contribution >= 4 is 33.3 Å². The minimum atomic E-state index is -2.15. The summed E-state index contributed by atoms with van der Waals surface area (Å²) in [4.78, 5) is 0. The standard InChI is InChI=1S/C56H110O4Si4/c1-35(2)61(36(3)4,37(5)6)57-51-29-25-27-49-53(59-63(41(13)14,42(15)16)43(17)18)33-47(55(49)51)31-32-48-34-54(60-64(44(19)20,45(21)22)46(23)24)50-28-26-30-52(56(48)50)58-62(38(7)8,39(9)10)40(11)12/h33-52,55-56H,25-32H2,1-24H3. The van der Waals surface area contributed by atoms with Crippen LogP contribution in [0.4, 0.5) is 0 Å². The normalized spacial score (nSPS) is 27.6. The fourth-order valence-electron chi connectivity index (χ4n) is 17.0. The predicted molar refractivity (Wildman–Crippen MR) is 290 cm³/mol. The lowest BCUT2D eigenvalue weighted by Gasteiger charge is -2.50. The van der Waals surface area contributed by atoms with Crippen LogP contribution in [0.15, 0.2) is 23.7 Å². The Morgan fingerprint density at radius 2 is 0.594 bits per heavy atom. The predicted octanol–water partition coefficient (Wildman–Crippen LogP) is 19.1. The van der Waals surface area contributed by atoms with Gasteiger partial charge in [-0.1, -0.05) is 179 Å². The fourth-order valence-corrected chi connectivity index (χ4v) is 38.9. The van der Waals surface area contributed by atoms with Gasteiger partial charge >= 0.3 is 0 Å². The Kier molecular flexibility index (Phi) is 19.7. The molecule has 8 heteroatoms. The SMILES string of the molecule is CC(C)[Si](OC1=CC(CCC2C=C(O[Si](C(C)C)(C(C)C)C(C)C)C3CCCC(O[Si](C(C)C)(C(C)C)C(C)C)C23)C2C(O[Si](C(C)C)(C(C)C)C(C)C)CCCC12)(C(C)C)C(C)C.